The summed E-state index contributed by atoms with van der Waals surface area (Å²) in [4.78, 5) is 23.5. The number of nitrogens with one attached hydrogen (secondary N) is 1. The molecule has 0 spiro atoms. The van der Waals surface area contributed by atoms with Crippen molar-refractivity contribution in [3.63, 3.8) is 0 Å². The van der Waals surface area contributed by atoms with Crippen LogP contribution in [-0.2, 0) is 4.79 Å². The van der Waals surface area contributed by atoms with Crippen LogP contribution in [0.5, 0.6) is 0 Å². The summed E-state index contributed by atoms with van der Waals surface area (Å²) in [7, 11) is 0. The van der Waals surface area contributed by atoms with E-state index in [0.717, 1.165) is 42.9 Å². The Hall–Kier alpha value is -2.28. The highest BCUT2D eigenvalue weighted by molar-refractivity contribution is 7.13. The number of benzene rings is 1. The first-order valence-corrected chi connectivity index (χ1v) is 10.6. The van der Waals surface area contributed by atoms with Crippen LogP contribution < -0.4 is 5.32 Å². The van der Waals surface area contributed by atoms with Gasteiger partial charge in [0.25, 0.3) is 0 Å². The predicted octanol–water partition coefficient (Wildman–Crippen LogP) is 4.68. The van der Waals surface area contributed by atoms with Crippen LogP contribution in [0.25, 0.3) is 11.3 Å². The largest absolute Gasteiger partial charge is 0.301 e. The molecule has 1 N–H and O–H groups in total. The van der Waals surface area contributed by atoms with Crippen LogP contribution in [0.15, 0.2) is 54.0 Å². The van der Waals surface area contributed by atoms with Crippen LogP contribution in [0.4, 0.5) is 5.13 Å². The Morgan fingerprint density at radius 1 is 1.29 bits per heavy atom. The van der Waals surface area contributed by atoms with E-state index >= 15 is 0 Å². The number of rotatable bonds is 5. The molecule has 3 heterocycles. The van der Waals surface area contributed by atoms with Crippen molar-refractivity contribution in [2.75, 3.05) is 25.0 Å². The number of hydrogen-bond donors (Lipinski definition) is 1. The molecule has 0 saturated carbocycles. The number of anilines is 1. The van der Waals surface area contributed by atoms with E-state index in [1.54, 1.807) is 6.20 Å². The maximum absolute atomic E-state index is 12.3. The summed E-state index contributed by atoms with van der Waals surface area (Å²) in [6.45, 7) is 2.14. The first kappa shape index (κ1) is 19.1. The molecule has 1 atom stereocenters. The molecule has 144 valence electrons. The van der Waals surface area contributed by atoms with Gasteiger partial charge in [-0.2, -0.15) is 0 Å². The highest BCUT2D eigenvalue weighted by Crippen LogP contribution is 2.28. The molecular formula is C21H21ClN4OS. The number of carbonyl (C=O) groups is 1. The SMILES string of the molecule is O=C(CN1CCCC(c2cccc(-c3cccc(Cl)c3)n2)C1)Nc1nccs1. The quantitative estimate of drug-likeness (QED) is 0.661. The van der Waals surface area contributed by atoms with Gasteiger partial charge in [0.1, 0.15) is 0 Å². The molecule has 7 heteroatoms. The molecule has 2 aromatic heterocycles. The van der Waals surface area contributed by atoms with E-state index in [2.05, 4.69) is 21.3 Å². The minimum Gasteiger partial charge on any atom is -0.301 e. The molecule has 5 nitrogen and oxygen atoms in total. The molecule has 0 bridgehead atoms. The van der Waals surface area contributed by atoms with E-state index in [-0.39, 0.29) is 5.91 Å². The van der Waals surface area contributed by atoms with Gasteiger partial charge in [-0.15, -0.1) is 11.3 Å². The molecule has 4 rings (SSSR count). The summed E-state index contributed by atoms with van der Waals surface area (Å²) >= 11 is 7.56. The first-order valence-electron chi connectivity index (χ1n) is 9.32. The minimum absolute atomic E-state index is 0.0174. The fourth-order valence-corrected chi connectivity index (χ4v) is 4.31. The molecule has 1 unspecified atom stereocenters. The van der Waals surface area contributed by atoms with Crippen molar-refractivity contribution >= 4 is 34.0 Å². The van der Waals surface area contributed by atoms with E-state index in [1.807, 2.05) is 41.8 Å². The summed E-state index contributed by atoms with van der Waals surface area (Å²) in [5.41, 5.74) is 3.02. The number of thiazole rings is 1. The van der Waals surface area contributed by atoms with Gasteiger partial charge >= 0.3 is 0 Å². The molecule has 0 radical (unpaired) electrons. The zero-order valence-corrected chi connectivity index (χ0v) is 16.9. The lowest BCUT2D eigenvalue weighted by molar-refractivity contribution is -0.117. The highest BCUT2D eigenvalue weighted by Gasteiger charge is 2.24. The Kier molecular flexibility index (Phi) is 6.00. The standard InChI is InChI=1S/C21H21ClN4OS/c22-17-6-1-4-15(12-17)18-7-2-8-19(24-18)16-5-3-10-26(13-16)14-20(27)25-21-23-9-11-28-21/h1-2,4,6-9,11-12,16H,3,5,10,13-14H2,(H,23,25,27). The number of piperidine rings is 1. The van der Waals surface area contributed by atoms with E-state index in [1.165, 1.54) is 11.3 Å². The normalized spacial score (nSPS) is 17.4. The van der Waals surface area contributed by atoms with Gasteiger partial charge in [0, 0.05) is 40.3 Å². The number of carbonyl (C=O) groups excluding carboxylic acids is 1. The number of likely N-dealkylation sites (tertiary alicyclic amines) is 1. The summed E-state index contributed by atoms with van der Waals surface area (Å²) in [5.74, 6) is 0.303. The lowest BCUT2D eigenvalue weighted by Gasteiger charge is -2.32. The Morgan fingerprint density at radius 2 is 2.18 bits per heavy atom. The third-order valence-electron chi connectivity index (χ3n) is 4.86. The summed E-state index contributed by atoms with van der Waals surface area (Å²) in [6.07, 6.45) is 3.82. The molecular weight excluding hydrogens is 392 g/mol. The van der Waals surface area contributed by atoms with Crippen LogP contribution in [0.2, 0.25) is 5.02 Å². The van der Waals surface area contributed by atoms with Gasteiger partial charge in [0.05, 0.1) is 12.2 Å². The Morgan fingerprint density at radius 3 is 3.00 bits per heavy atom. The number of hydrogen-bond acceptors (Lipinski definition) is 5. The molecule has 28 heavy (non-hydrogen) atoms. The van der Waals surface area contributed by atoms with Crippen molar-refractivity contribution in [3.05, 3.63) is 64.8 Å². The van der Waals surface area contributed by atoms with Gasteiger partial charge in [0.2, 0.25) is 5.91 Å². The predicted molar refractivity (Wildman–Crippen MR) is 114 cm³/mol. The van der Waals surface area contributed by atoms with Crippen molar-refractivity contribution < 1.29 is 4.79 Å². The van der Waals surface area contributed by atoms with Gasteiger partial charge in [-0.3, -0.25) is 14.7 Å². The van der Waals surface area contributed by atoms with E-state index in [9.17, 15) is 4.79 Å². The number of halogens is 1. The fraction of sp³-hybridized carbons (Fsp3) is 0.286. The van der Waals surface area contributed by atoms with Crippen molar-refractivity contribution in [2.24, 2.45) is 0 Å². The van der Waals surface area contributed by atoms with Crippen molar-refractivity contribution in [3.8, 4) is 11.3 Å². The molecule has 1 amide bonds. The Labute approximate surface area is 173 Å². The second kappa shape index (κ2) is 8.82. The molecule has 0 aliphatic carbocycles. The lowest BCUT2D eigenvalue weighted by atomic mass is 9.94. The molecule has 1 aliphatic rings. The summed E-state index contributed by atoms with van der Waals surface area (Å²) in [5, 5.41) is 6.07. The maximum atomic E-state index is 12.3. The summed E-state index contributed by atoms with van der Waals surface area (Å²) in [6, 6.07) is 13.9. The highest BCUT2D eigenvalue weighted by atomic mass is 35.5. The second-order valence-electron chi connectivity index (χ2n) is 6.92. The van der Waals surface area contributed by atoms with E-state index < -0.39 is 0 Å². The lowest BCUT2D eigenvalue weighted by Crippen LogP contribution is -2.40. The molecule has 1 saturated heterocycles. The van der Waals surface area contributed by atoms with Crippen molar-refractivity contribution in [1.29, 1.82) is 0 Å². The third-order valence-corrected chi connectivity index (χ3v) is 5.78. The second-order valence-corrected chi connectivity index (χ2v) is 8.25. The van der Waals surface area contributed by atoms with Gasteiger partial charge in [-0.05, 0) is 43.7 Å². The van der Waals surface area contributed by atoms with Crippen LogP contribution >= 0.6 is 22.9 Å². The zero-order valence-electron chi connectivity index (χ0n) is 15.3. The smallest absolute Gasteiger partial charge is 0.240 e. The monoisotopic (exact) mass is 412 g/mol. The maximum Gasteiger partial charge on any atom is 0.240 e. The number of nitrogens with zero attached hydrogens (tertiary/aromatic N) is 3. The zero-order chi connectivity index (χ0) is 19.3. The number of aromatic nitrogens is 2. The van der Waals surface area contributed by atoms with Crippen LogP contribution in [0.1, 0.15) is 24.5 Å². The van der Waals surface area contributed by atoms with Crippen LogP contribution in [0.3, 0.4) is 0 Å². The topological polar surface area (TPSA) is 58.1 Å². The van der Waals surface area contributed by atoms with E-state index in [0.29, 0.717) is 22.6 Å². The Balaban J connectivity index is 1.43. The minimum atomic E-state index is -0.0174. The average molecular weight is 413 g/mol. The van der Waals surface area contributed by atoms with Crippen LogP contribution in [0, 0.1) is 0 Å². The summed E-state index contributed by atoms with van der Waals surface area (Å²) < 4.78 is 0. The van der Waals surface area contributed by atoms with Gasteiger partial charge in [-0.25, -0.2) is 4.98 Å². The van der Waals surface area contributed by atoms with Gasteiger partial charge in [0.15, 0.2) is 5.13 Å². The van der Waals surface area contributed by atoms with Crippen LogP contribution in [-0.4, -0.2) is 40.4 Å². The molecule has 1 aromatic carbocycles. The van der Waals surface area contributed by atoms with Gasteiger partial charge in [-0.1, -0.05) is 29.8 Å². The van der Waals surface area contributed by atoms with Crippen molar-refractivity contribution in [2.45, 2.75) is 18.8 Å². The van der Waals surface area contributed by atoms with Gasteiger partial charge < -0.3 is 5.32 Å². The Bertz CT molecular complexity index is 947. The molecule has 1 fully saturated rings. The van der Waals surface area contributed by atoms with E-state index in [4.69, 9.17) is 16.6 Å². The fourth-order valence-electron chi connectivity index (χ4n) is 3.58. The average Bonchev–Trinajstić information content (AvgIpc) is 3.21. The van der Waals surface area contributed by atoms with Crippen molar-refractivity contribution in [1.82, 2.24) is 14.9 Å². The first-order chi connectivity index (χ1) is 13.7. The third kappa shape index (κ3) is 4.76. The number of pyridine rings is 1. The number of amides is 1. The molecule has 3 aromatic rings. The molecule has 1 aliphatic heterocycles.